The second kappa shape index (κ2) is 5.01. The van der Waals surface area contributed by atoms with Gasteiger partial charge in [0.15, 0.2) is 0 Å². The summed E-state index contributed by atoms with van der Waals surface area (Å²) in [6, 6.07) is 5.76. The van der Waals surface area contributed by atoms with E-state index in [9.17, 15) is 0 Å². The van der Waals surface area contributed by atoms with Crippen molar-refractivity contribution in [1.82, 2.24) is 9.29 Å². The van der Waals surface area contributed by atoms with Crippen LogP contribution in [0.2, 0.25) is 5.15 Å². The van der Waals surface area contributed by atoms with Gasteiger partial charge in [0.05, 0.1) is 0 Å². The fourth-order valence-corrected chi connectivity index (χ4v) is 2.73. The van der Waals surface area contributed by atoms with Gasteiger partial charge in [-0.2, -0.15) is 0 Å². The van der Waals surface area contributed by atoms with Crippen LogP contribution in [0.5, 0.6) is 0 Å². The summed E-state index contributed by atoms with van der Waals surface area (Å²) in [5.41, 5.74) is 0. The number of nitrogens with zero attached hydrogens (tertiary/aromatic N) is 2. The lowest BCUT2D eigenvalue weighted by Crippen LogP contribution is -2.22. The standard InChI is InChI=1S/C10H13ClN2S/c11-9-5-4-6-10(12-9)14-13-7-2-1-3-8-13/h4-6H,1-3,7-8H2. The van der Waals surface area contributed by atoms with Gasteiger partial charge in [0.2, 0.25) is 0 Å². The van der Waals surface area contributed by atoms with Crippen molar-refractivity contribution in [2.45, 2.75) is 24.3 Å². The Bertz CT molecular complexity index is 300. The predicted molar refractivity (Wildman–Crippen MR) is 60.5 cm³/mol. The van der Waals surface area contributed by atoms with E-state index in [1.54, 1.807) is 11.9 Å². The highest BCUT2D eigenvalue weighted by Gasteiger charge is 2.11. The molecule has 0 amide bonds. The van der Waals surface area contributed by atoms with Crippen LogP contribution in [0.3, 0.4) is 0 Å². The van der Waals surface area contributed by atoms with Gasteiger partial charge in [0, 0.05) is 13.1 Å². The highest BCUT2D eigenvalue weighted by atomic mass is 35.5. The Morgan fingerprint density at radius 2 is 2.00 bits per heavy atom. The molecule has 76 valence electrons. The molecule has 2 heterocycles. The van der Waals surface area contributed by atoms with Crippen LogP contribution >= 0.6 is 23.5 Å². The zero-order chi connectivity index (χ0) is 9.80. The number of piperidine rings is 1. The molecule has 1 aliphatic rings. The second-order valence-electron chi connectivity index (χ2n) is 3.38. The highest BCUT2D eigenvalue weighted by molar-refractivity contribution is 7.97. The van der Waals surface area contributed by atoms with E-state index >= 15 is 0 Å². The molecule has 1 aromatic rings. The minimum atomic E-state index is 0.576. The lowest BCUT2D eigenvalue weighted by Gasteiger charge is -2.24. The molecule has 1 aliphatic heterocycles. The maximum atomic E-state index is 5.82. The molecular formula is C10H13ClN2S. The van der Waals surface area contributed by atoms with E-state index < -0.39 is 0 Å². The molecule has 0 N–H and O–H groups in total. The molecular weight excluding hydrogens is 216 g/mol. The Morgan fingerprint density at radius 1 is 1.21 bits per heavy atom. The van der Waals surface area contributed by atoms with E-state index in [2.05, 4.69) is 9.29 Å². The van der Waals surface area contributed by atoms with Gasteiger partial charge in [0.1, 0.15) is 10.2 Å². The zero-order valence-electron chi connectivity index (χ0n) is 7.95. The normalized spacial score (nSPS) is 18.4. The first-order chi connectivity index (χ1) is 6.84. The molecule has 0 spiro atoms. The predicted octanol–water partition coefficient (Wildman–Crippen LogP) is 3.23. The van der Waals surface area contributed by atoms with Crippen molar-refractivity contribution >= 4 is 23.5 Å². The van der Waals surface area contributed by atoms with Crippen molar-refractivity contribution in [3.05, 3.63) is 23.4 Å². The van der Waals surface area contributed by atoms with Gasteiger partial charge in [-0.15, -0.1) is 0 Å². The first-order valence-electron chi connectivity index (χ1n) is 4.90. The fourth-order valence-electron chi connectivity index (χ4n) is 1.53. The van der Waals surface area contributed by atoms with Crippen molar-refractivity contribution in [2.75, 3.05) is 13.1 Å². The van der Waals surface area contributed by atoms with Crippen molar-refractivity contribution in [1.29, 1.82) is 0 Å². The summed E-state index contributed by atoms with van der Waals surface area (Å²) in [6.07, 6.45) is 3.96. The van der Waals surface area contributed by atoms with Crippen molar-refractivity contribution in [2.24, 2.45) is 0 Å². The maximum Gasteiger partial charge on any atom is 0.130 e. The van der Waals surface area contributed by atoms with Crippen molar-refractivity contribution < 1.29 is 0 Å². The van der Waals surface area contributed by atoms with Crippen LogP contribution in [0.4, 0.5) is 0 Å². The summed E-state index contributed by atoms with van der Waals surface area (Å²) in [7, 11) is 0. The van der Waals surface area contributed by atoms with Crippen molar-refractivity contribution in [3.8, 4) is 0 Å². The van der Waals surface area contributed by atoms with Crippen LogP contribution in [-0.2, 0) is 0 Å². The molecule has 2 rings (SSSR count). The third-order valence-electron chi connectivity index (χ3n) is 2.23. The quantitative estimate of drug-likeness (QED) is 0.571. The Balaban J connectivity index is 1.95. The number of hydrogen-bond donors (Lipinski definition) is 0. The third-order valence-corrected chi connectivity index (χ3v) is 3.48. The lowest BCUT2D eigenvalue weighted by molar-refractivity contribution is 0.380. The fraction of sp³-hybridized carbons (Fsp3) is 0.500. The van der Waals surface area contributed by atoms with Crippen LogP contribution in [0.15, 0.2) is 23.2 Å². The van der Waals surface area contributed by atoms with Gasteiger partial charge >= 0.3 is 0 Å². The molecule has 0 radical (unpaired) electrons. The summed E-state index contributed by atoms with van der Waals surface area (Å²) in [5.74, 6) is 0. The monoisotopic (exact) mass is 228 g/mol. The SMILES string of the molecule is Clc1cccc(SN2CCCCC2)n1. The second-order valence-corrected chi connectivity index (χ2v) is 4.88. The molecule has 2 nitrogen and oxygen atoms in total. The van der Waals surface area contributed by atoms with Crippen LogP contribution in [0, 0.1) is 0 Å². The number of pyridine rings is 1. The maximum absolute atomic E-state index is 5.82. The van der Waals surface area contributed by atoms with Crippen LogP contribution < -0.4 is 0 Å². The average molecular weight is 229 g/mol. The van der Waals surface area contributed by atoms with E-state index in [0.29, 0.717) is 5.15 Å². The van der Waals surface area contributed by atoms with Gasteiger partial charge < -0.3 is 0 Å². The molecule has 0 aromatic carbocycles. The lowest BCUT2D eigenvalue weighted by atomic mass is 10.2. The number of hydrogen-bond acceptors (Lipinski definition) is 3. The first-order valence-corrected chi connectivity index (χ1v) is 6.05. The number of aromatic nitrogens is 1. The smallest absolute Gasteiger partial charge is 0.130 e. The largest absolute Gasteiger partial charge is 0.245 e. The van der Waals surface area contributed by atoms with Gasteiger partial charge in [-0.1, -0.05) is 24.1 Å². The molecule has 1 aromatic heterocycles. The zero-order valence-corrected chi connectivity index (χ0v) is 9.52. The van der Waals surface area contributed by atoms with Crippen LogP contribution in [-0.4, -0.2) is 22.4 Å². The van der Waals surface area contributed by atoms with Gasteiger partial charge in [-0.3, -0.25) is 0 Å². The molecule has 1 saturated heterocycles. The van der Waals surface area contributed by atoms with Gasteiger partial charge in [0.25, 0.3) is 0 Å². The first kappa shape index (κ1) is 10.3. The minimum absolute atomic E-state index is 0.576. The summed E-state index contributed by atoms with van der Waals surface area (Å²) in [5, 5.41) is 1.58. The minimum Gasteiger partial charge on any atom is -0.245 e. The summed E-state index contributed by atoms with van der Waals surface area (Å²) >= 11 is 7.54. The molecule has 0 atom stereocenters. The van der Waals surface area contributed by atoms with E-state index in [1.807, 2.05) is 18.2 Å². The molecule has 0 saturated carbocycles. The van der Waals surface area contributed by atoms with Gasteiger partial charge in [-0.05, 0) is 36.9 Å². The Hall–Kier alpha value is -0.250. The summed E-state index contributed by atoms with van der Waals surface area (Å²) < 4.78 is 2.36. The molecule has 4 heteroatoms. The average Bonchev–Trinajstić information content (AvgIpc) is 2.19. The molecule has 0 aliphatic carbocycles. The molecule has 14 heavy (non-hydrogen) atoms. The molecule has 0 bridgehead atoms. The van der Waals surface area contributed by atoms with Crippen LogP contribution in [0.25, 0.3) is 0 Å². The Kier molecular flexibility index (Phi) is 3.67. The third kappa shape index (κ3) is 2.87. The van der Waals surface area contributed by atoms with Gasteiger partial charge in [-0.25, -0.2) is 9.29 Å². The van der Waals surface area contributed by atoms with E-state index in [0.717, 1.165) is 5.03 Å². The van der Waals surface area contributed by atoms with E-state index in [1.165, 1.54) is 32.4 Å². The number of halogens is 1. The molecule has 1 fully saturated rings. The summed E-state index contributed by atoms with van der Waals surface area (Å²) in [6.45, 7) is 2.33. The summed E-state index contributed by atoms with van der Waals surface area (Å²) in [4.78, 5) is 4.25. The molecule has 0 unspecified atom stereocenters. The van der Waals surface area contributed by atoms with Crippen molar-refractivity contribution in [3.63, 3.8) is 0 Å². The topological polar surface area (TPSA) is 16.1 Å². The number of rotatable bonds is 2. The van der Waals surface area contributed by atoms with Crippen LogP contribution in [0.1, 0.15) is 19.3 Å². The highest BCUT2D eigenvalue weighted by Crippen LogP contribution is 2.25. The Morgan fingerprint density at radius 3 is 2.71 bits per heavy atom. The Labute approximate surface area is 93.8 Å². The van der Waals surface area contributed by atoms with E-state index in [-0.39, 0.29) is 0 Å². The van der Waals surface area contributed by atoms with E-state index in [4.69, 9.17) is 11.6 Å².